The van der Waals surface area contributed by atoms with Gasteiger partial charge in [0.25, 0.3) is 5.97 Å². The number of carboxylic acids is 1. The van der Waals surface area contributed by atoms with Crippen LogP contribution in [0.1, 0.15) is 11.1 Å². The van der Waals surface area contributed by atoms with Crippen molar-refractivity contribution in [2.75, 3.05) is 7.05 Å². The molecule has 0 fully saturated rings. The molecule has 1 aromatic carbocycles. The normalized spacial score (nSPS) is 12.6. The van der Waals surface area contributed by atoms with E-state index in [1.807, 2.05) is 24.3 Å². The molecule has 0 aromatic heterocycles. The lowest BCUT2D eigenvalue weighted by atomic mass is 10.1. The maximum Gasteiger partial charge on any atom is 0.285 e. The Morgan fingerprint density at radius 2 is 2.19 bits per heavy atom. The van der Waals surface area contributed by atoms with Crippen LogP contribution in [-0.4, -0.2) is 30.4 Å². The topological polar surface area (TPSA) is 85.5 Å². The van der Waals surface area contributed by atoms with E-state index in [1.165, 1.54) is 0 Å². The van der Waals surface area contributed by atoms with Gasteiger partial charge in [-0.05, 0) is 23.6 Å². The summed E-state index contributed by atoms with van der Waals surface area (Å²) in [5.74, 6) is -1.10. The lowest BCUT2D eigenvalue weighted by Gasteiger charge is -2.14. The highest BCUT2D eigenvalue weighted by molar-refractivity contribution is 5.79. The average Bonchev–Trinajstić information content (AvgIpc) is 2.28. The minimum absolute atomic E-state index is 0.221. The first-order chi connectivity index (χ1) is 7.63. The third-order valence-corrected chi connectivity index (χ3v) is 2.06. The van der Waals surface area contributed by atoms with E-state index in [9.17, 15) is 4.79 Å². The predicted molar refractivity (Wildman–Crippen MR) is 62.5 cm³/mol. The zero-order valence-electron chi connectivity index (χ0n) is 8.97. The van der Waals surface area contributed by atoms with Gasteiger partial charge in [-0.2, -0.15) is 5.10 Å². The van der Waals surface area contributed by atoms with Crippen molar-refractivity contribution in [1.29, 1.82) is 0 Å². The molecule has 0 aliphatic rings. The number of hydrogen-bond acceptors (Lipinski definition) is 3. The van der Waals surface area contributed by atoms with E-state index in [0.29, 0.717) is 0 Å². The van der Waals surface area contributed by atoms with Gasteiger partial charge < -0.3 is 16.3 Å². The Kier molecular flexibility index (Phi) is 4.47. The van der Waals surface area contributed by atoms with Crippen LogP contribution in [0.4, 0.5) is 0 Å². The molecule has 0 amide bonds. The van der Waals surface area contributed by atoms with Crippen molar-refractivity contribution in [3.05, 3.63) is 41.1 Å². The zero-order valence-corrected chi connectivity index (χ0v) is 8.97. The fraction of sp³-hybridized carbons (Fsp3) is 0.273. The molecule has 86 valence electrons. The van der Waals surface area contributed by atoms with Gasteiger partial charge in [-0.3, -0.25) is 4.79 Å². The Morgan fingerprint density at radius 3 is 2.69 bits per heavy atom. The number of hydrogen-bond donors (Lipinski definition) is 2. The number of nitrogens with zero attached hydrogens (tertiary/aromatic N) is 1. The van der Waals surface area contributed by atoms with Gasteiger partial charge in [0.2, 0.25) is 0 Å². The van der Waals surface area contributed by atoms with Crippen LogP contribution in [0.2, 0.25) is 0 Å². The molecule has 0 saturated carbocycles. The minimum atomic E-state index is -1.10. The summed E-state index contributed by atoms with van der Waals surface area (Å²) >= 11 is 0. The van der Waals surface area contributed by atoms with Crippen molar-refractivity contribution in [3.63, 3.8) is 0 Å². The highest BCUT2D eigenvalue weighted by Gasteiger charge is 2.04. The van der Waals surface area contributed by atoms with Gasteiger partial charge in [0.05, 0.1) is 6.21 Å². The van der Waals surface area contributed by atoms with Gasteiger partial charge in [0.1, 0.15) is 0 Å². The molecule has 5 nitrogen and oxygen atoms in total. The molecule has 0 heterocycles. The monoisotopic (exact) mass is 220 g/mol. The molecular formula is C11H14N3O2-. The maximum absolute atomic E-state index is 10.5. The molecule has 1 unspecified atom stereocenters. The Balaban J connectivity index is 2.64. The summed E-state index contributed by atoms with van der Waals surface area (Å²) in [5, 5.41) is 12.5. The van der Waals surface area contributed by atoms with Gasteiger partial charge in [-0.25, -0.2) is 0 Å². The fourth-order valence-corrected chi connectivity index (χ4v) is 1.20. The Bertz CT molecular complexity index is 373. The summed E-state index contributed by atoms with van der Waals surface area (Å²) < 4.78 is 0. The lowest BCUT2D eigenvalue weighted by molar-refractivity contribution is -0.137. The third-order valence-electron chi connectivity index (χ3n) is 2.06. The molecule has 1 aromatic rings. The van der Waals surface area contributed by atoms with Gasteiger partial charge in [-0.15, -0.1) is 0 Å². The quantitative estimate of drug-likeness (QED) is 0.579. The lowest BCUT2D eigenvalue weighted by Crippen LogP contribution is -2.17. The second-order valence-corrected chi connectivity index (χ2v) is 3.32. The van der Waals surface area contributed by atoms with Crippen molar-refractivity contribution in [2.45, 2.75) is 12.5 Å². The number of rotatable bonds is 5. The molecule has 0 radical (unpaired) electrons. The summed E-state index contributed by atoms with van der Waals surface area (Å²) in [6.45, 7) is 0. The van der Waals surface area contributed by atoms with Crippen molar-refractivity contribution < 1.29 is 9.90 Å². The summed E-state index contributed by atoms with van der Waals surface area (Å²) in [5.41, 5.74) is 11.7. The first-order valence-corrected chi connectivity index (χ1v) is 4.86. The van der Waals surface area contributed by atoms with Gasteiger partial charge >= 0.3 is 0 Å². The van der Waals surface area contributed by atoms with Gasteiger partial charge in [0.15, 0.2) is 0 Å². The zero-order chi connectivity index (χ0) is 12.0. The van der Waals surface area contributed by atoms with Gasteiger partial charge in [0, 0.05) is 7.05 Å². The van der Waals surface area contributed by atoms with Gasteiger partial charge in [-0.1, -0.05) is 24.3 Å². The first-order valence-electron chi connectivity index (χ1n) is 4.86. The van der Waals surface area contributed by atoms with Crippen molar-refractivity contribution in [2.24, 2.45) is 5.10 Å². The number of nitrogens with one attached hydrogen (secondary N) is 2. The third kappa shape index (κ3) is 3.70. The number of benzene rings is 1. The molecule has 0 aliphatic heterocycles. The van der Waals surface area contributed by atoms with E-state index in [4.69, 9.17) is 10.8 Å². The second-order valence-electron chi connectivity index (χ2n) is 3.32. The van der Waals surface area contributed by atoms with E-state index in [2.05, 4.69) is 10.5 Å². The van der Waals surface area contributed by atoms with Crippen LogP contribution in [0, 0.1) is 0 Å². The van der Waals surface area contributed by atoms with Crippen LogP contribution in [-0.2, 0) is 11.2 Å². The Labute approximate surface area is 94.0 Å². The van der Waals surface area contributed by atoms with E-state index in [0.717, 1.165) is 11.1 Å². The summed E-state index contributed by atoms with van der Waals surface area (Å²) in [4.78, 5) is 10.5. The van der Waals surface area contributed by atoms with Crippen molar-refractivity contribution >= 4 is 12.2 Å². The molecule has 0 spiro atoms. The van der Waals surface area contributed by atoms with Crippen LogP contribution in [0.25, 0.3) is 5.73 Å². The molecule has 0 bridgehead atoms. The minimum Gasteiger partial charge on any atom is -0.665 e. The second kappa shape index (κ2) is 5.87. The molecular weight excluding hydrogens is 206 g/mol. The van der Waals surface area contributed by atoms with E-state index in [1.54, 1.807) is 13.3 Å². The molecule has 0 aliphatic carbocycles. The maximum atomic E-state index is 10.5. The number of hydrazone groups is 1. The van der Waals surface area contributed by atoms with Crippen LogP contribution < -0.4 is 5.43 Å². The fourth-order valence-electron chi connectivity index (χ4n) is 1.20. The largest absolute Gasteiger partial charge is 0.665 e. The van der Waals surface area contributed by atoms with Crippen LogP contribution in [0.15, 0.2) is 29.4 Å². The molecule has 0 saturated heterocycles. The first kappa shape index (κ1) is 12.2. The number of aliphatic carboxylic acids is 1. The van der Waals surface area contributed by atoms with Crippen LogP contribution in [0.3, 0.4) is 0 Å². The highest BCUT2D eigenvalue weighted by atomic mass is 16.4. The Morgan fingerprint density at radius 1 is 1.56 bits per heavy atom. The SMILES string of the molecule is CN/N=C/c1ccc(CC([NH-])C(=O)O)cc1. The molecule has 1 rings (SSSR count). The molecule has 16 heavy (non-hydrogen) atoms. The van der Waals surface area contributed by atoms with Crippen molar-refractivity contribution in [3.8, 4) is 0 Å². The molecule has 1 atom stereocenters. The highest BCUT2D eigenvalue weighted by Crippen LogP contribution is 2.07. The number of carboxylic acid groups (broad SMARTS) is 1. The van der Waals surface area contributed by atoms with Crippen LogP contribution in [0.5, 0.6) is 0 Å². The predicted octanol–water partition coefficient (Wildman–Crippen LogP) is 1.29. The smallest absolute Gasteiger partial charge is 0.285 e. The average molecular weight is 220 g/mol. The van der Waals surface area contributed by atoms with Crippen molar-refractivity contribution in [1.82, 2.24) is 5.43 Å². The molecule has 5 heteroatoms. The van der Waals surface area contributed by atoms with E-state index >= 15 is 0 Å². The molecule has 3 N–H and O–H groups in total. The van der Waals surface area contributed by atoms with Crippen LogP contribution >= 0.6 is 0 Å². The van der Waals surface area contributed by atoms with E-state index < -0.39 is 12.0 Å². The summed E-state index contributed by atoms with van der Waals surface area (Å²) in [6, 6.07) is 6.19. The van der Waals surface area contributed by atoms with E-state index in [-0.39, 0.29) is 6.42 Å². The summed E-state index contributed by atoms with van der Waals surface area (Å²) in [6.07, 6.45) is 1.89. The Hall–Kier alpha value is -1.88. The summed E-state index contributed by atoms with van der Waals surface area (Å²) in [7, 11) is 1.71. The number of carbonyl (C=O) groups is 1. The standard InChI is InChI=1S/C11H14N3O2/c1-13-14-7-9-4-2-8(3-5-9)6-10(12)11(15)16/h2-5,7,10,12-13H,6H2,1H3,(H,15,16)/q-1/b14-7+.